The van der Waals surface area contributed by atoms with Crippen molar-refractivity contribution in [3.8, 4) is 5.75 Å². The Morgan fingerprint density at radius 3 is 2.50 bits per heavy atom. The molecule has 128 valence electrons. The van der Waals surface area contributed by atoms with Gasteiger partial charge in [0.25, 0.3) is 0 Å². The SMILES string of the molecule is C1CNCNC1.C=Nc1nc(C2(Oc3ccccc3Cl)CC2)cs1. The molecule has 0 amide bonds. The summed E-state index contributed by atoms with van der Waals surface area (Å²) in [6, 6.07) is 7.50. The van der Waals surface area contributed by atoms with Crippen molar-refractivity contribution in [3.63, 3.8) is 0 Å². The summed E-state index contributed by atoms with van der Waals surface area (Å²) in [6.45, 7) is 6.86. The standard InChI is InChI=1S/C13H11ClN2OS.C4H10N2/c1-15-12-16-11(8-18-12)13(6-7-13)17-10-5-3-2-4-9(10)14;1-2-5-4-6-3-1/h2-5,8H,1,6-7H2;5-6H,1-4H2. The number of hydrogen-bond acceptors (Lipinski definition) is 6. The van der Waals surface area contributed by atoms with Crippen LogP contribution in [-0.4, -0.2) is 31.5 Å². The van der Waals surface area contributed by atoms with Gasteiger partial charge >= 0.3 is 0 Å². The third-order valence-corrected chi connectivity index (χ3v) is 4.98. The Morgan fingerprint density at radius 2 is 2.00 bits per heavy atom. The maximum atomic E-state index is 6.11. The van der Waals surface area contributed by atoms with Crippen LogP contribution in [0.1, 0.15) is 25.0 Å². The molecule has 0 atom stereocenters. The fourth-order valence-electron chi connectivity index (χ4n) is 2.41. The number of halogens is 1. The smallest absolute Gasteiger partial charge is 0.208 e. The van der Waals surface area contributed by atoms with Crippen molar-refractivity contribution >= 4 is 34.8 Å². The van der Waals surface area contributed by atoms with Crippen molar-refractivity contribution in [2.75, 3.05) is 19.8 Å². The molecular formula is C17H21ClN4OS. The van der Waals surface area contributed by atoms with Crippen molar-refractivity contribution < 1.29 is 4.74 Å². The first kappa shape index (κ1) is 17.4. The molecule has 1 saturated carbocycles. The molecule has 5 nitrogen and oxygen atoms in total. The van der Waals surface area contributed by atoms with E-state index >= 15 is 0 Å². The second kappa shape index (κ2) is 8.07. The average Bonchev–Trinajstić information content (AvgIpc) is 3.25. The molecule has 2 fully saturated rings. The van der Waals surface area contributed by atoms with Crippen LogP contribution in [0.15, 0.2) is 34.6 Å². The minimum Gasteiger partial charge on any atom is -0.479 e. The summed E-state index contributed by atoms with van der Waals surface area (Å²) in [4.78, 5) is 8.24. The second-order valence-corrected chi connectivity index (χ2v) is 6.97. The summed E-state index contributed by atoms with van der Waals surface area (Å²) >= 11 is 7.58. The highest BCUT2D eigenvalue weighted by Gasteiger charge is 2.49. The van der Waals surface area contributed by atoms with Gasteiger partial charge in [0.1, 0.15) is 5.75 Å². The molecule has 0 bridgehead atoms. The second-order valence-electron chi connectivity index (χ2n) is 5.73. The van der Waals surface area contributed by atoms with Gasteiger partial charge < -0.3 is 15.4 Å². The van der Waals surface area contributed by atoms with Gasteiger partial charge in [-0.1, -0.05) is 23.7 Å². The lowest BCUT2D eigenvalue weighted by molar-refractivity contribution is 0.177. The van der Waals surface area contributed by atoms with Crippen molar-refractivity contribution in [1.82, 2.24) is 15.6 Å². The molecule has 2 N–H and O–H groups in total. The number of aromatic nitrogens is 1. The van der Waals surface area contributed by atoms with Gasteiger partial charge in [0.05, 0.1) is 10.7 Å². The van der Waals surface area contributed by atoms with E-state index in [1.807, 2.05) is 29.6 Å². The van der Waals surface area contributed by atoms with Gasteiger partial charge in [-0.25, -0.2) is 9.98 Å². The Labute approximate surface area is 151 Å². The van der Waals surface area contributed by atoms with Crippen LogP contribution < -0.4 is 15.4 Å². The summed E-state index contributed by atoms with van der Waals surface area (Å²) in [7, 11) is 0. The first-order valence-electron chi connectivity index (χ1n) is 8.01. The van der Waals surface area contributed by atoms with Crippen LogP contribution in [0.2, 0.25) is 5.02 Å². The van der Waals surface area contributed by atoms with Gasteiger partial charge in [0.15, 0.2) is 5.60 Å². The third-order valence-electron chi connectivity index (χ3n) is 3.90. The number of rotatable bonds is 4. The number of nitrogens with zero attached hydrogens (tertiary/aromatic N) is 2. The Bertz CT molecular complexity index is 671. The van der Waals surface area contributed by atoms with E-state index in [2.05, 4.69) is 27.3 Å². The molecule has 2 aliphatic rings. The first-order chi connectivity index (χ1) is 11.7. The van der Waals surface area contributed by atoms with Gasteiger partial charge in [-0.2, -0.15) is 0 Å². The minimum atomic E-state index is -0.315. The van der Waals surface area contributed by atoms with Crippen LogP contribution >= 0.6 is 22.9 Å². The maximum Gasteiger partial charge on any atom is 0.208 e. The van der Waals surface area contributed by atoms with Crippen LogP contribution in [0.25, 0.3) is 0 Å². The molecule has 0 unspecified atom stereocenters. The van der Waals surface area contributed by atoms with Gasteiger partial charge in [-0.3, -0.25) is 0 Å². The average molecular weight is 365 g/mol. The molecule has 1 aromatic heterocycles. The molecule has 1 aromatic carbocycles. The quantitative estimate of drug-likeness (QED) is 0.812. The Hall–Kier alpha value is -1.47. The molecule has 0 radical (unpaired) electrons. The number of benzene rings is 1. The number of nitrogens with one attached hydrogen (secondary N) is 2. The third kappa shape index (κ3) is 4.33. The number of hydrogen-bond donors (Lipinski definition) is 2. The number of aliphatic imine (C=N–C) groups is 1. The summed E-state index contributed by atoms with van der Waals surface area (Å²) in [5.41, 5.74) is 0.611. The largest absolute Gasteiger partial charge is 0.479 e. The Kier molecular flexibility index (Phi) is 5.84. The maximum absolute atomic E-state index is 6.11. The normalized spacial score (nSPS) is 18.2. The highest BCUT2D eigenvalue weighted by Crippen LogP contribution is 2.50. The van der Waals surface area contributed by atoms with Crippen LogP contribution in [0, 0.1) is 0 Å². The molecule has 4 rings (SSSR count). The van der Waals surface area contributed by atoms with Gasteiger partial charge in [-0.05, 0) is 51.2 Å². The predicted octanol–water partition coefficient (Wildman–Crippen LogP) is 3.72. The van der Waals surface area contributed by atoms with Crippen LogP contribution in [-0.2, 0) is 5.60 Å². The molecular weight excluding hydrogens is 344 g/mol. The highest BCUT2D eigenvalue weighted by atomic mass is 35.5. The van der Waals surface area contributed by atoms with Crippen LogP contribution in [0.5, 0.6) is 5.75 Å². The van der Waals surface area contributed by atoms with E-state index in [1.165, 1.54) is 30.8 Å². The molecule has 2 heterocycles. The molecule has 0 spiro atoms. The summed E-state index contributed by atoms with van der Waals surface area (Å²) in [5.74, 6) is 0.706. The number of ether oxygens (including phenoxy) is 1. The van der Waals surface area contributed by atoms with Crippen molar-refractivity contribution in [1.29, 1.82) is 0 Å². The zero-order chi connectivity index (χ0) is 16.8. The van der Waals surface area contributed by atoms with Crippen molar-refractivity contribution in [2.45, 2.75) is 24.9 Å². The Balaban J connectivity index is 0.000000238. The minimum absolute atomic E-state index is 0.315. The predicted molar refractivity (Wildman–Crippen MR) is 99.8 cm³/mol. The fraction of sp³-hybridized carbons (Fsp3) is 0.412. The van der Waals surface area contributed by atoms with E-state index in [0.717, 1.165) is 25.2 Å². The van der Waals surface area contributed by atoms with Crippen LogP contribution in [0.4, 0.5) is 5.13 Å². The zero-order valence-corrected chi connectivity index (χ0v) is 15.0. The monoisotopic (exact) mass is 364 g/mol. The van der Waals surface area contributed by atoms with Gasteiger partial charge in [0.2, 0.25) is 5.13 Å². The van der Waals surface area contributed by atoms with E-state index < -0.39 is 0 Å². The first-order valence-corrected chi connectivity index (χ1v) is 9.27. The summed E-state index contributed by atoms with van der Waals surface area (Å²) < 4.78 is 6.04. The molecule has 1 aliphatic carbocycles. The molecule has 1 saturated heterocycles. The van der Waals surface area contributed by atoms with E-state index in [0.29, 0.717) is 15.9 Å². The number of thiazole rings is 1. The van der Waals surface area contributed by atoms with E-state index in [1.54, 1.807) is 0 Å². The van der Waals surface area contributed by atoms with Crippen LogP contribution in [0.3, 0.4) is 0 Å². The van der Waals surface area contributed by atoms with E-state index in [9.17, 15) is 0 Å². The fourth-order valence-corrected chi connectivity index (χ4v) is 3.30. The van der Waals surface area contributed by atoms with E-state index in [4.69, 9.17) is 16.3 Å². The highest BCUT2D eigenvalue weighted by molar-refractivity contribution is 7.13. The Morgan fingerprint density at radius 1 is 1.25 bits per heavy atom. The molecule has 1 aliphatic heterocycles. The zero-order valence-electron chi connectivity index (χ0n) is 13.4. The summed E-state index contributed by atoms with van der Waals surface area (Å²) in [6.07, 6.45) is 3.19. The lowest BCUT2D eigenvalue weighted by Crippen LogP contribution is -2.37. The number of para-hydroxylation sites is 1. The molecule has 24 heavy (non-hydrogen) atoms. The molecule has 2 aromatic rings. The topological polar surface area (TPSA) is 58.5 Å². The molecule has 7 heteroatoms. The van der Waals surface area contributed by atoms with E-state index in [-0.39, 0.29) is 5.60 Å². The van der Waals surface area contributed by atoms with Gasteiger partial charge in [-0.15, -0.1) is 11.3 Å². The van der Waals surface area contributed by atoms with Crippen molar-refractivity contribution in [3.05, 3.63) is 40.4 Å². The van der Waals surface area contributed by atoms with Gasteiger partial charge in [0, 0.05) is 12.0 Å². The van der Waals surface area contributed by atoms with Crippen molar-refractivity contribution in [2.24, 2.45) is 4.99 Å². The lowest BCUT2D eigenvalue weighted by atomic mass is 10.2. The summed E-state index contributed by atoms with van der Waals surface area (Å²) in [5, 5.41) is 9.63. The lowest BCUT2D eigenvalue weighted by Gasteiger charge is -2.16.